The zero-order chi connectivity index (χ0) is 14.8. The topological polar surface area (TPSA) is 89.3 Å². The number of nitrogens with one attached hydrogen (secondary N) is 1. The molecule has 0 aliphatic carbocycles. The Hall–Kier alpha value is -1.82. The molecule has 2 rings (SSSR count). The Morgan fingerprint density at radius 3 is 2.80 bits per heavy atom. The van der Waals surface area contributed by atoms with Gasteiger partial charge in [0.15, 0.2) is 9.84 Å². The van der Waals surface area contributed by atoms with Gasteiger partial charge in [-0.25, -0.2) is 8.42 Å². The van der Waals surface area contributed by atoms with Crippen LogP contribution < -0.4 is 11.1 Å². The lowest BCUT2D eigenvalue weighted by molar-refractivity contribution is -0.117. The monoisotopic (exact) mass is 294 g/mol. The molecule has 3 N–H and O–H groups in total. The number of carbonyl (C=O) groups excluding carboxylic acids is 1. The van der Waals surface area contributed by atoms with Gasteiger partial charge in [-0.05, 0) is 37.1 Å². The Morgan fingerprint density at radius 2 is 2.20 bits per heavy atom. The van der Waals surface area contributed by atoms with Crippen LogP contribution in [0.4, 0.5) is 5.69 Å². The smallest absolute Gasteiger partial charge is 0.244 e. The summed E-state index contributed by atoms with van der Waals surface area (Å²) in [6, 6.07) is 7.16. The van der Waals surface area contributed by atoms with E-state index in [0.717, 1.165) is 5.56 Å². The molecular weight excluding hydrogens is 276 g/mol. The molecule has 0 saturated carbocycles. The zero-order valence-corrected chi connectivity index (χ0v) is 12.1. The van der Waals surface area contributed by atoms with Gasteiger partial charge in [-0.2, -0.15) is 0 Å². The molecule has 6 heteroatoms. The second-order valence-corrected chi connectivity index (χ2v) is 7.58. The van der Waals surface area contributed by atoms with Crippen LogP contribution in [0.25, 0.3) is 6.08 Å². The number of hydrogen-bond donors (Lipinski definition) is 2. The van der Waals surface area contributed by atoms with Crippen molar-refractivity contribution in [1.29, 1.82) is 0 Å². The number of anilines is 1. The summed E-state index contributed by atoms with van der Waals surface area (Å²) in [6.45, 7) is 1.75. The molecule has 1 unspecified atom stereocenters. The second-order valence-electron chi connectivity index (χ2n) is 5.40. The van der Waals surface area contributed by atoms with Crippen molar-refractivity contribution in [2.45, 2.75) is 18.9 Å². The molecule has 1 heterocycles. The molecule has 108 valence electrons. The van der Waals surface area contributed by atoms with Gasteiger partial charge in [0.25, 0.3) is 0 Å². The highest BCUT2D eigenvalue weighted by Crippen LogP contribution is 2.22. The largest absolute Gasteiger partial charge is 0.399 e. The van der Waals surface area contributed by atoms with Crippen molar-refractivity contribution in [3.05, 3.63) is 35.9 Å². The van der Waals surface area contributed by atoms with Crippen molar-refractivity contribution in [1.82, 2.24) is 5.32 Å². The van der Waals surface area contributed by atoms with Crippen LogP contribution in [0.15, 0.2) is 30.3 Å². The third-order valence-electron chi connectivity index (χ3n) is 3.27. The summed E-state index contributed by atoms with van der Waals surface area (Å²) < 4.78 is 22.9. The van der Waals surface area contributed by atoms with Gasteiger partial charge in [0.1, 0.15) is 0 Å². The highest BCUT2D eigenvalue weighted by atomic mass is 32.2. The van der Waals surface area contributed by atoms with Gasteiger partial charge in [0, 0.05) is 11.8 Å². The van der Waals surface area contributed by atoms with Crippen LogP contribution in [0.2, 0.25) is 0 Å². The molecule has 20 heavy (non-hydrogen) atoms. The molecule has 1 amide bonds. The number of benzene rings is 1. The number of amides is 1. The summed E-state index contributed by atoms with van der Waals surface area (Å²) in [6.07, 6.45) is 3.50. The first kappa shape index (κ1) is 14.6. The lowest BCUT2D eigenvalue weighted by Gasteiger charge is -2.22. The van der Waals surface area contributed by atoms with Gasteiger partial charge in [-0.1, -0.05) is 12.1 Å². The first-order chi connectivity index (χ1) is 9.28. The molecule has 1 aromatic rings. The standard InChI is InChI=1S/C14H18N2O3S/c1-14(7-8-20(18,19)10-14)16-13(17)6-5-11-3-2-4-12(15)9-11/h2-6,9H,7-8,10,15H2,1H3,(H,16,17)/b6-5+. The van der Waals surface area contributed by atoms with E-state index in [4.69, 9.17) is 5.73 Å². The van der Waals surface area contributed by atoms with Crippen LogP contribution in [-0.2, 0) is 14.6 Å². The summed E-state index contributed by atoms with van der Waals surface area (Å²) in [7, 11) is -3.03. The maximum absolute atomic E-state index is 11.8. The normalized spacial score (nSPS) is 24.9. The lowest BCUT2D eigenvalue weighted by atomic mass is 10.0. The van der Waals surface area contributed by atoms with Crippen molar-refractivity contribution < 1.29 is 13.2 Å². The van der Waals surface area contributed by atoms with E-state index in [1.807, 2.05) is 6.07 Å². The van der Waals surface area contributed by atoms with E-state index in [-0.39, 0.29) is 17.4 Å². The molecule has 1 saturated heterocycles. The highest BCUT2D eigenvalue weighted by molar-refractivity contribution is 7.91. The zero-order valence-electron chi connectivity index (χ0n) is 11.3. The Bertz CT molecular complexity index is 652. The predicted molar refractivity (Wildman–Crippen MR) is 79.7 cm³/mol. The van der Waals surface area contributed by atoms with E-state index in [1.165, 1.54) is 6.08 Å². The molecule has 0 aromatic heterocycles. The Morgan fingerprint density at radius 1 is 1.45 bits per heavy atom. The number of hydrogen-bond acceptors (Lipinski definition) is 4. The highest BCUT2D eigenvalue weighted by Gasteiger charge is 2.38. The lowest BCUT2D eigenvalue weighted by Crippen LogP contribution is -2.46. The average molecular weight is 294 g/mol. The fourth-order valence-electron chi connectivity index (χ4n) is 2.28. The minimum absolute atomic E-state index is 0.00212. The van der Waals surface area contributed by atoms with Crippen LogP contribution in [0.1, 0.15) is 18.9 Å². The fraction of sp³-hybridized carbons (Fsp3) is 0.357. The summed E-state index contributed by atoms with van der Waals surface area (Å²) in [5, 5.41) is 2.76. The van der Waals surface area contributed by atoms with Gasteiger partial charge < -0.3 is 11.1 Å². The Labute approximate surface area is 118 Å². The van der Waals surface area contributed by atoms with Crippen molar-refractivity contribution in [2.24, 2.45) is 0 Å². The first-order valence-electron chi connectivity index (χ1n) is 6.34. The van der Waals surface area contributed by atoms with E-state index in [9.17, 15) is 13.2 Å². The number of nitrogen functional groups attached to an aromatic ring is 1. The predicted octanol–water partition coefficient (Wildman–Crippen LogP) is 0.975. The summed E-state index contributed by atoms with van der Waals surface area (Å²) >= 11 is 0. The van der Waals surface area contributed by atoms with Gasteiger partial charge in [0.2, 0.25) is 5.91 Å². The van der Waals surface area contributed by atoms with Gasteiger partial charge >= 0.3 is 0 Å². The quantitative estimate of drug-likeness (QED) is 0.642. The minimum atomic E-state index is -3.03. The minimum Gasteiger partial charge on any atom is -0.399 e. The Kier molecular flexibility index (Phi) is 3.85. The number of nitrogens with two attached hydrogens (primary N) is 1. The van der Waals surface area contributed by atoms with Crippen LogP contribution >= 0.6 is 0 Å². The van der Waals surface area contributed by atoms with E-state index >= 15 is 0 Å². The molecule has 0 bridgehead atoms. The van der Waals surface area contributed by atoms with Gasteiger partial charge in [-0.15, -0.1) is 0 Å². The average Bonchev–Trinajstić information content (AvgIpc) is 2.61. The van der Waals surface area contributed by atoms with Crippen molar-refractivity contribution in [3.63, 3.8) is 0 Å². The maximum Gasteiger partial charge on any atom is 0.244 e. The van der Waals surface area contributed by atoms with Gasteiger partial charge in [-0.3, -0.25) is 4.79 Å². The van der Waals surface area contributed by atoms with E-state index in [0.29, 0.717) is 12.1 Å². The van der Waals surface area contributed by atoms with Crippen LogP contribution in [-0.4, -0.2) is 31.4 Å². The third-order valence-corrected chi connectivity index (χ3v) is 5.17. The van der Waals surface area contributed by atoms with E-state index in [1.54, 1.807) is 31.2 Å². The third kappa shape index (κ3) is 3.84. The molecule has 1 atom stereocenters. The van der Waals surface area contributed by atoms with Crippen LogP contribution in [0, 0.1) is 0 Å². The number of carbonyl (C=O) groups is 1. The molecule has 0 radical (unpaired) electrons. The van der Waals surface area contributed by atoms with Crippen molar-refractivity contribution in [2.75, 3.05) is 17.2 Å². The fourth-order valence-corrected chi connectivity index (χ4v) is 4.38. The molecular formula is C14H18N2O3S. The molecule has 0 spiro atoms. The molecule has 1 aliphatic rings. The number of rotatable bonds is 3. The SMILES string of the molecule is CC1(NC(=O)/C=C/c2cccc(N)c2)CCS(=O)(=O)C1. The van der Waals surface area contributed by atoms with Crippen molar-refractivity contribution >= 4 is 27.5 Å². The van der Waals surface area contributed by atoms with Crippen molar-refractivity contribution in [3.8, 4) is 0 Å². The maximum atomic E-state index is 11.8. The molecule has 5 nitrogen and oxygen atoms in total. The number of sulfone groups is 1. The van der Waals surface area contributed by atoms with Crippen LogP contribution in [0.3, 0.4) is 0 Å². The molecule has 1 aromatic carbocycles. The summed E-state index contributed by atoms with van der Waals surface area (Å²) in [5.41, 5.74) is 6.43. The second kappa shape index (κ2) is 5.28. The summed E-state index contributed by atoms with van der Waals surface area (Å²) in [4.78, 5) is 11.8. The first-order valence-corrected chi connectivity index (χ1v) is 8.16. The Balaban J connectivity index is 2.00. The van der Waals surface area contributed by atoms with E-state index < -0.39 is 15.4 Å². The summed E-state index contributed by atoms with van der Waals surface area (Å²) in [5.74, 6) is -0.173. The van der Waals surface area contributed by atoms with Gasteiger partial charge in [0.05, 0.1) is 17.0 Å². The molecule has 1 fully saturated rings. The van der Waals surface area contributed by atoms with Crippen LogP contribution in [0.5, 0.6) is 0 Å². The van der Waals surface area contributed by atoms with E-state index in [2.05, 4.69) is 5.32 Å². The molecule has 1 aliphatic heterocycles.